The zero-order valence-corrected chi connectivity index (χ0v) is 11.5. The maximum Gasteiger partial charge on any atom is 0.266 e. The molecule has 0 bridgehead atoms. The van der Waals surface area contributed by atoms with E-state index in [1.54, 1.807) is 0 Å². The second kappa shape index (κ2) is 5.61. The van der Waals surface area contributed by atoms with Crippen LogP contribution in [0, 0.1) is 5.82 Å². The van der Waals surface area contributed by atoms with Crippen molar-refractivity contribution in [3.63, 3.8) is 0 Å². The zero-order chi connectivity index (χ0) is 14.2. The van der Waals surface area contributed by atoms with Gasteiger partial charge in [-0.15, -0.1) is 0 Å². The Balaban J connectivity index is 2.66. The van der Waals surface area contributed by atoms with E-state index in [1.807, 2.05) is 0 Å². The summed E-state index contributed by atoms with van der Waals surface area (Å²) in [7, 11) is 0. The molecule has 0 spiro atoms. The summed E-state index contributed by atoms with van der Waals surface area (Å²) in [4.78, 5) is 0. The van der Waals surface area contributed by atoms with E-state index < -0.39 is 17.8 Å². The minimum Gasteiger partial charge on any atom is -0.206 e. The average molecular weight is 326 g/mol. The van der Waals surface area contributed by atoms with Crippen molar-refractivity contribution in [1.82, 2.24) is 0 Å². The molecule has 0 amide bonds. The third kappa shape index (κ3) is 2.83. The van der Waals surface area contributed by atoms with Crippen LogP contribution < -0.4 is 0 Å². The molecule has 0 saturated carbocycles. The maximum absolute atomic E-state index is 13.2. The first-order valence-corrected chi connectivity index (χ1v) is 6.26. The van der Waals surface area contributed by atoms with Crippen LogP contribution in [0.4, 0.5) is 13.2 Å². The SMILES string of the molecule is Fc1ccc(-c2c(Cl)ccc(Cl)c2Cl)cc1C(F)F. The van der Waals surface area contributed by atoms with Gasteiger partial charge in [-0.25, -0.2) is 13.2 Å². The van der Waals surface area contributed by atoms with Crippen LogP contribution in [-0.4, -0.2) is 0 Å². The summed E-state index contributed by atoms with van der Waals surface area (Å²) >= 11 is 17.8. The van der Waals surface area contributed by atoms with Crippen molar-refractivity contribution in [2.45, 2.75) is 6.43 Å². The third-order valence-corrected chi connectivity index (χ3v) is 3.68. The highest BCUT2D eigenvalue weighted by molar-refractivity contribution is 6.46. The molecule has 0 aromatic heterocycles. The fourth-order valence-corrected chi connectivity index (χ4v) is 2.40. The zero-order valence-electron chi connectivity index (χ0n) is 9.23. The van der Waals surface area contributed by atoms with Gasteiger partial charge in [-0.3, -0.25) is 0 Å². The predicted molar refractivity (Wildman–Crippen MR) is 71.8 cm³/mol. The molecule has 19 heavy (non-hydrogen) atoms. The largest absolute Gasteiger partial charge is 0.266 e. The van der Waals surface area contributed by atoms with E-state index in [9.17, 15) is 13.2 Å². The quantitative estimate of drug-likeness (QED) is 0.561. The second-order valence-corrected chi connectivity index (χ2v) is 4.95. The van der Waals surface area contributed by atoms with Gasteiger partial charge in [-0.05, 0) is 29.8 Å². The maximum atomic E-state index is 13.2. The molecule has 0 saturated heterocycles. The summed E-state index contributed by atoms with van der Waals surface area (Å²) < 4.78 is 38.6. The lowest BCUT2D eigenvalue weighted by molar-refractivity contribution is 0.146. The molecule has 0 atom stereocenters. The van der Waals surface area contributed by atoms with Crippen molar-refractivity contribution in [3.8, 4) is 11.1 Å². The molecule has 0 radical (unpaired) electrons. The third-order valence-electron chi connectivity index (χ3n) is 2.56. The number of hydrogen-bond donors (Lipinski definition) is 0. The highest BCUT2D eigenvalue weighted by atomic mass is 35.5. The lowest BCUT2D eigenvalue weighted by Gasteiger charge is -2.11. The first-order chi connectivity index (χ1) is 8.91. The van der Waals surface area contributed by atoms with Crippen molar-refractivity contribution in [2.24, 2.45) is 0 Å². The van der Waals surface area contributed by atoms with Crippen LogP contribution in [0.1, 0.15) is 12.0 Å². The molecule has 0 aliphatic rings. The minimum absolute atomic E-state index is 0.140. The Bertz CT molecular complexity index is 627. The summed E-state index contributed by atoms with van der Waals surface area (Å²) in [6, 6.07) is 6.28. The molecular formula is C13H6Cl3F3. The Kier molecular flexibility index (Phi) is 4.29. The molecule has 0 unspecified atom stereocenters. The monoisotopic (exact) mass is 324 g/mol. The normalized spacial score (nSPS) is 11.1. The summed E-state index contributed by atoms with van der Waals surface area (Å²) in [5, 5.41) is 0.631. The predicted octanol–water partition coefficient (Wildman–Crippen LogP) is 6.39. The fourth-order valence-electron chi connectivity index (χ4n) is 1.66. The van der Waals surface area contributed by atoms with E-state index in [2.05, 4.69) is 0 Å². The van der Waals surface area contributed by atoms with E-state index >= 15 is 0 Å². The van der Waals surface area contributed by atoms with Crippen molar-refractivity contribution >= 4 is 34.8 Å². The van der Waals surface area contributed by atoms with Gasteiger partial charge in [-0.1, -0.05) is 40.9 Å². The Morgan fingerprint density at radius 3 is 2.16 bits per heavy atom. The molecule has 2 aromatic rings. The molecule has 0 fully saturated rings. The number of alkyl halides is 2. The van der Waals surface area contributed by atoms with Crippen molar-refractivity contribution in [2.75, 3.05) is 0 Å². The van der Waals surface area contributed by atoms with Crippen LogP contribution in [-0.2, 0) is 0 Å². The fraction of sp³-hybridized carbons (Fsp3) is 0.0769. The van der Waals surface area contributed by atoms with Gasteiger partial charge >= 0.3 is 0 Å². The van der Waals surface area contributed by atoms with Gasteiger partial charge < -0.3 is 0 Å². The van der Waals surface area contributed by atoms with Crippen LogP contribution in [0.15, 0.2) is 30.3 Å². The van der Waals surface area contributed by atoms with Crippen LogP contribution in [0.5, 0.6) is 0 Å². The lowest BCUT2D eigenvalue weighted by Crippen LogP contribution is -1.92. The Morgan fingerprint density at radius 2 is 1.53 bits per heavy atom. The van der Waals surface area contributed by atoms with Crippen LogP contribution >= 0.6 is 34.8 Å². The Labute approximate surface area is 122 Å². The molecular weight excluding hydrogens is 319 g/mol. The summed E-state index contributed by atoms with van der Waals surface area (Å²) in [6.45, 7) is 0. The van der Waals surface area contributed by atoms with Crippen LogP contribution in [0.2, 0.25) is 15.1 Å². The van der Waals surface area contributed by atoms with Crippen molar-refractivity contribution in [1.29, 1.82) is 0 Å². The number of halogens is 6. The van der Waals surface area contributed by atoms with E-state index in [4.69, 9.17) is 34.8 Å². The van der Waals surface area contributed by atoms with Gasteiger partial charge in [0, 0.05) is 10.6 Å². The summed E-state index contributed by atoms with van der Waals surface area (Å²) in [6.07, 6.45) is -2.92. The van der Waals surface area contributed by atoms with Gasteiger partial charge in [0.1, 0.15) is 5.82 Å². The number of rotatable bonds is 2. The first kappa shape index (κ1) is 14.5. The topological polar surface area (TPSA) is 0 Å². The lowest BCUT2D eigenvalue weighted by atomic mass is 10.0. The van der Waals surface area contributed by atoms with Crippen LogP contribution in [0.25, 0.3) is 11.1 Å². The molecule has 100 valence electrons. The van der Waals surface area contributed by atoms with Crippen molar-refractivity contribution < 1.29 is 13.2 Å². The summed E-state index contributed by atoms with van der Waals surface area (Å²) in [5.41, 5.74) is -0.114. The minimum atomic E-state index is -2.92. The van der Waals surface area contributed by atoms with Gasteiger partial charge in [0.05, 0.1) is 15.6 Å². The van der Waals surface area contributed by atoms with E-state index in [0.717, 1.165) is 12.1 Å². The average Bonchev–Trinajstić information content (AvgIpc) is 2.36. The first-order valence-electron chi connectivity index (χ1n) is 5.13. The highest BCUT2D eigenvalue weighted by Crippen LogP contribution is 2.40. The molecule has 0 aliphatic heterocycles. The van der Waals surface area contributed by atoms with Gasteiger partial charge in [0.15, 0.2) is 0 Å². The van der Waals surface area contributed by atoms with E-state index in [-0.39, 0.29) is 20.6 Å². The smallest absolute Gasteiger partial charge is 0.206 e. The molecule has 6 heteroatoms. The standard InChI is InChI=1S/C13H6Cl3F3/c14-8-2-3-9(15)12(16)11(8)6-1-4-10(17)7(5-6)13(18)19/h1-5,13H. The molecule has 0 aliphatic carbocycles. The molecule has 0 nitrogen and oxygen atoms in total. The Morgan fingerprint density at radius 1 is 0.895 bits per heavy atom. The second-order valence-electron chi connectivity index (χ2n) is 3.76. The van der Waals surface area contributed by atoms with Gasteiger partial charge in [0.2, 0.25) is 0 Å². The van der Waals surface area contributed by atoms with Crippen molar-refractivity contribution in [3.05, 3.63) is 56.8 Å². The van der Waals surface area contributed by atoms with E-state index in [0.29, 0.717) is 5.56 Å². The number of hydrogen-bond acceptors (Lipinski definition) is 0. The van der Waals surface area contributed by atoms with E-state index in [1.165, 1.54) is 18.2 Å². The highest BCUT2D eigenvalue weighted by Gasteiger charge is 2.17. The molecule has 0 N–H and O–H groups in total. The van der Waals surface area contributed by atoms with Gasteiger partial charge in [0.25, 0.3) is 6.43 Å². The van der Waals surface area contributed by atoms with Crippen LogP contribution in [0.3, 0.4) is 0 Å². The molecule has 2 rings (SSSR count). The summed E-state index contributed by atoms with van der Waals surface area (Å²) in [5.74, 6) is -0.979. The Hall–Kier alpha value is -0.900. The number of benzene rings is 2. The molecule has 0 heterocycles. The van der Waals surface area contributed by atoms with Gasteiger partial charge in [-0.2, -0.15) is 0 Å². The molecule has 2 aromatic carbocycles.